The molecule has 0 radical (unpaired) electrons. The van der Waals surface area contributed by atoms with Crippen LogP contribution in [0.5, 0.6) is 0 Å². The lowest BCUT2D eigenvalue weighted by Crippen LogP contribution is -2.24. The summed E-state index contributed by atoms with van der Waals surface area (Å²) in [5.74, 6) is 1.12. The van der Waals surface area contributed by atoms with E-state index in [1.54, 1.807) is 0 Å². The Balaban J connectivity index is 2.24. The van der Waals surface area contributed by atoms with Gasteiger partial charge in [-0.3, -0.25) is 0 Å². The highest BCUT2D eigenvalue weighted by Crippen LogP contribution is 2.28. The zero-order valence-electron chi connectivity index (χ0n) is 12.4. The van der Waals surface area contributed by atoms with Crippen molar-refractivity contribution in [3.05, 3.63) is 51.5 Å². The fourth-order valence-corrected chi connectivity index (χ4v) is 3.44. The van der Waals surface area contributed by atoms with Gasteiger partial charge in [0.25, 0.3) is 0 Å². The third-order valence-electron chi connectivity index (χ3n) is 3.44. The molecular formula is C16H21BrClN3. The number of likely N-dealkylation sites (N-methyl/N-ethyl adjacent to an activating group) is 1. The Morgan fingerprint density at radius 1 is 1.38 bits per heavy atom. The zero-order chi connectivity index (χ0) is 15.2. The topological polar surface area (TPSA) is 29.9 Å². The van der Waals surface area contributed by atoms with Gasteiger partial charge in [0.1, 0.15) is 5.82 Å². The van der Waals surface area contributed by atoms with Crippen molar-refractivity contribution in [3.8, 4) is 0 Å². The third kappa shape index (κ3) is 4.31. The summed E-state index contributed by atoms with van der Waals surface area (Å²) in [6, 6.07) is 6.18. The number of nitrogens with one attached hydrogen (secondary N) is 1. The molecule has 3 nitrogen and oxygen atoms in total. The smallest absolute Gasteiger partial charge is 0.110 e. The van der Waals surface area contributed by atoms with Gasteiger partial charge >= 0.3 is 0 Å². The lowest BCUT2D eigenvalue weighted by Gasteiger charge is -2.20. The summed E-state index contributed by atoms with van der Waals surface area (Å²) in [4.78, 5) is 4.51. The van der Waals surface area contributed by atoms with E-state index in [1.165, 1.54) is 5.56 Å². The van der Waals surface area contributed by atoms with Crippen molar-refractivity contribution in [2.45, 2.75) is 39.3 Å². The van der Waals surface area contributed by atoms with Crippen molar-refractivity contribution in [2.75, 3.05) is 6.54 Å². The molecule has 0 aliphatic heterocycles. The Labute approximate surface area is 139 Å². The van der Waals surface area contributed by atoms with Gasteiger partial charge in [-0.25, -0.2) is 4.98 Å². The average molecular weight is 371 g/mol. The van der Waals surface area contributed by atoms with Gasteiger partial charge in [0.2, 0.25) is 0 Å². The molecule has 0 aliphatic rings. The van der Waals surface area contributed by atoms with Crippen LogP contribution in [0, 0.1) is 0 Å². The average Bonchev–Trinajstić information content (AvgIpc) is 2.86. The molecule has 0 fully saturated rings. The van der Waals surface area contributed by atoms with Crippen LogP contribution in [0.4, 0.5) is 0 Å². The van der Waals surface area contributed by atoms with Crippen molar-refractivity contribution in [2.24, 2.45) is 0 Å². The van der Waals surface area contributed by atoms with E-state index in [2.05, 4.69) is 56.9 Å². The summed E-state index contributed by atoms with van der Waals surface area (Å²) in [7, 11) is 0. The molecule has 1 unspecified atom stereocenters. The monoisotopic (exact) mass is 369 g/mol. The van der Waals surface area contributed by atoms with Crippen molar-refractivity contribution in [1.29, 1.82) is 0 Å². The SMILES string of the molecule is CCCn1ccnc1CC(NCC)c1ccc(Cl)cc1Br. The number of nitrogens with zero attached hydrogens (tertiary/aromatic N) is 2. The summed E-state index contributed by atoms with van der Waals surface area (Å²) >= 11 is 9.66. The first-order valence-electron chi connectivity index (χ1n) is 7.34. The summed E-state index contributed by atoms with van der Waals surface area (Å²) in [6.07, 6.45) is 5.91. The molecule has 2 aromatic rings. The quantitative estimate of drug-likeness (QED) is 0.772. The highest BCUT2D eigenvalue weighted by atomic mass is 79.9. The second-order valence-electron chi connectivity index (χ2n) is 5.02. The van der Waals surface area contributed by atoms with E-state index in [4.69, 9.17) is 11.6 Å². The number of hydrogen-bond acceptors (Lipinski definition) is 2. The van der Waals surface area contributed by atoms with Gasteiger partial charge in [0, 0.05) is 40.9 Å². The van der Waals surface area contributed by atoms with Gasteiger partial charge in [0.05, 0.1) is 0 Å². The minimum atomic E-state index is 0.222. The van der Waals surface area contributed by atoms with Gasteiger partial charge in [-0.1, -0.05) is 47.4 Å². The Morgan fingerprint density at radius 3 is 2.86 bits per heavy atom. The van der Waals surface area contributed by atoms with Gasteiger partial charge in [-0.15, -0.1) is 0 Å². The standard InChI is InChI=1S/C16H21BrClN3/c1-3-8-21-9-7-20-16(21)11-15(19-4-2)13-6-5-12(18)10-14(13)17/h5-7,9-10,15,19H,3-4,8,11H2,1-2H3. The summed E-state index contributed by atoms with van der Waals surface area (Å²) in [5.41, 5.74) is 1.22. The fourth-order valence-electron chi connectivity index (χ4n) is 2.48. The molecule has 1 atom stereocenters. The molecule has 0 spiro atoms. The van der Waals surface area contributed by atoms with Gasteiger partial charge < -0.3 is 9.88 Å². The van der Waals surface area contributed by atoms with Crippen LogP contribution in [0.15, 0.2) is 35.1 Å². The fraction of sp³-hybridized carbons (Fsp3) is 0.438. The first kappa shape index (κ1) is 16.5. The lowest BCUT2D eigenvalue weighted by molar-refractivity contribution is 0.515. The molecule has 1 aromatic heterocycles. The van der Waals surface area contributed by atoms with Crippen molar-refractivity contribution in [1.82, 2.24) is 14.9 Å². The molecule has 21 heavy (non-hydrogen) atoms. The normalized spacial score (nSPS) is 12.6. The number of imidazole rings is 1. The Bertz CT molecular complexity index is 583. The van der Waals surface area contributed by atoms with Crippen molar-refractivity contribution >= 4 is 27.5 Å². The Hall–Kier alpha value is -0.840. The van der Waals surface area contributed by atoms with E-state index in [9.17, 15) is 0 Å². The zero-order valence-corrected chi connectivity index (χ0v) is 14.8. The van der Waals surface area contributed by atoms with Crippen LogP contribution in [0.25, 0.3) is 0 Å². The molecular weight excluding hydrogens is 350 g/mol. The largest absolute Gasteiger partial charge is 0.335 e. The number of benzene rings is 1. The number of halogens is 2. The molecule has 0 bridgehead atoms. The molecule has 0 saturated carbocycles. The van der Waals surface area contributed by atoms with E-state index >= 15 is 0 Å². The van der Waals surface area contributed by atoms with Gasteiger partial charge in [-0.05, 0) is 30.7 Å². The second-order valence-corrected chi connectivity index (χ2v) is 6.31. The van der Waals surface area contributed by atoms with Crippen LogP contribution in [-0.4, -0.2) is 16.1 Å². The highest BCUT2D eigenvalue weighted by Gasteiger charge is 2.17. The third-order valence-corrected chi connectivity index (χ3v) is 4.36. The molecule has 5 heteroatoms. The first-order valence-corrected chi connectivity index (χ1v) is 8.51. The van der Waals surface area contributed by atoms with E-state index < -0.39 is 0 Å². The summed E-state index contributed by atoms with van der Waals surface area (Å²) in [5, 5.41) is 4.28. The maximum Gasteiger partial charge on any atom is 0.110 e. The van der Waals surface area contributed by atoms with Crippen LogP contribution in [0.1, 0.15) is 37.7 Å². The minimum absolute atomic E-state index is 0.222. The maximum absolute atomic E-state index is 6.04. The van der Waals surface area contributed by atoms with E-state index in [-0.39, 0.29) is 6.04 Å². The molecule has 0 saturated heterocycles. The molecule has 2 rings (SSSR count). The summed E-state index contributed by atoms with van der Waals surface area (Å²) < 4.78 is 3.27. The Kier molecular flexibility index (Phi) is 6.27. The van der Waals surface area contributed by atoms with Crippen LogP contribution in [0.2, 0.25) is 5.02 Å². The molecule has 1 aromatic carbocycles. The second kappa shape index (κ2) is 7.97. The van der Waals surface area contributed by atoms with Crippen LogP contribution < -0.4 is 5.32 Å². The van der Waals surface area contributed by atoms with E-state index in [0.717, 1.165) is 41.3 Å². The minimum Gasteiger partial charge on any atom is -0.335 e. The molecule has 0 amide bonds. The lowest BCUT2D eigenvalue weighted by atomic mass is 10.0. The van der Waals surface area contributed by atoms with Gasteiger partial charge in [0.15, 0.2) is 0 Å². The van der Waals surface area contributed by atoms with Gasteiger partial charge in [-0.2, -0.15) is 0 Å². The number of aryl methyl sites for hydroxylation is 1. The number of hydrogen-bond donors (Lipinski definition) is 1. The van der Waals surface area contributed by atoms with Crippen molar-refractivity contribution < 1.29 is 0 Å². The number of aromatic nitrogens is 2. The molecule has 1 heterocycles. The molecule has 1 N–H and O–H groups in total. The molecule has 114 valence electrons. The van der Waals surface area contributed by atoms with Crippen LogP contribution in [-0.2, 0) is 13.0 Å². The maximum atomic E-state index is 6.04. The van der Waals surface area contributed by atoms with E-state index in [0.29, 0.717) is 0 Å². The van der Waals surface area contributed by atoms with Crippen LogP contribution in [0.3, 0.4) is 0 Å². The summed E-state index contributed by atoms with van der Waals surface area (Å²) in [6.45, 7) is 6.22. The number of rotatable bonds is 7. The van der Waals surface area contributed by atoms with Crippen molar-refractivity contribution in [3.63, 3.8) is 0 Å². The first-order chi connectivity index (χ1) is 10.2. The molecule has 0 aliphatic carbocycles. The highest BCUT2D eigenvalue weighted by molar-refractivity contribution is 9.10. The Morgan fingerprint density at radius 2 is 2.19 bits per heavy atom. The van der Waals surface area contributed by atoms with E-state index in [1.807, 2.05) is 18.3 Å². The predicted octanol–water partition coefficient (Wildman–Crippen LogP) is 4.60. The van der Waals surface area contributed by atoms with Crippen LogP contribution >= 0.6 is 27.5 Å². The predicted molar refractivity (Wildman–Crippen MR) is 91.8 cm³/mol.